The number of ketones is 2. The van der Waals surface area contributed by atoms with Crippen molar-refractivity contribution in [2.45, 2.75) is 111 Å². The molecule has 3 heteroatoms. The average Bonchev–Trinajstić information content (AvgIpc) is 2.67. The number of unbranched alkanes of at least 4 members (excludes halogenated alkanes) is 13. The summed E-state index contributed by atoms with van der Waals surface area (Å²) in [6.45, 7) is 6.50. The number of rotatable bonds is 16. The van der Waals surface area contributed by atoms with Gasteiger partial charge in [0.15, 0.2) is 5.78 Å². The van der Waals surface area contributed by atoms with E-state index in [1.54, 1.807) is 13.8 Å². The Morgan fingerprint density at radius 1 is 0.667 bits per heavy atom. The molecule has 0 amide bonds. The Labute approximate surface area is 167 Å². The monoisotopic (exact) mass is 375 g/mol. The fourth-order valence-corrected chi connectivity index (χ4v) is 3.54. The Morgan fingerprint density at radius 2 is 1.11 bits per heavy atom. The molecule has 0 aromatic carbocycles. The van der Waals surface area contributed by atoms with Crippen molar-refractivity contribution in [3.63, 3.8) is 0 Å². The van der Waals surface area contributed by atoms with Crippen LogP contribution < -0.4 is 5.32 Å². The average molecular weight is 376 g/mol. The maximum Gasteiger partial charge on any atom is 0.205 e. The highest BCUT2D eigenvalue weighted by atomic mass is 16.1. The minimum absolute atomic E-state index is 0.0301. The highest BCUT2D eigenvalue weighted by molar-refractivity contribution is 6.21. The van der Waals surface area contributed by atoms with Crippen molar-refractivity contribution >= 4 is 11.6 Å². The zero-order valence-corrected chi connectivity index (χ0v) is 18.0. The lowest BCUT2D eigenvalue weighted by Crippen LogP contribution is -2.27. The summed E-state index contributed by atoms with van der Waals surface area (Å²) < 4.78 is 0. The molecule has 0 unspecified atom stereocenters. The molecule has 0 radical (unpaired) electrons. The number of allylic oxidation sites excluding steroid dienone is 3. The van der Waals surface area contributed by atoms with Crippen molar-refractivity contribution in [2.75, 3.05) is 6.54 Å². The van der Waals surface area contributed by atoms with Crippen LogP contribution in [0.5, 0.6) is 0 Å². The van der Waals surface area contributed by atoms with Gasteiger partial charge in [0.1, 0.15) is 0 Å². The summed E-state index contributed by atoms with van der Waals surface area (Å²) in [7, 11) is 0. The molecule has 154 valence electrons. The number of nitrogens with one attached hydrogen (secondary N) is 1. The highest BCUT2D eigenvalue weighted by Gasteiger charge is 2.22. The lowest BCUT2D eigenvalue weighted by Gasteiger charge is -2.15. The van der Waals surface area contributed by atoms with Gasteiger partial charge in [0, 0.05) is 23.8 Å². The molecule has 27 heavy (non-hydrogen) atoms. The summed E-state index contributed by atoms with van der Waals surface area (Å²) in [6, 6.07) is 0. The molecule has 0 aromatic heterocycles. The van der Waals surface area contributed by atoms with E-state index in [1.165, 1.54) is 89.5 Å². The Morgan fingerprint density at radius 3 is 1.59 bits per heavy atom. The molecule has 3 nitrogen and oxygen atoms in total. The summed E-state index contributed by atoms with van der Waals surface area (Å²) in [5.41, 5.74) is 1.62. The first kappa shape index (κ1) is 23.7. The van der Waals surface area contributed by atoms with E-state index in [0.717, 1.165) is 13.0 Å². The standard InChI is InChI=1S/C24H41NO2/c1-4-5-6-7-8-9-10-11-12-13-14-15-16-17-18-25-22-19-23(26)20(2)21(3)24(22)27/h19,25H,4-18H2,1-3H3. The summed E-state index contributed by atoms with van der Waals surface area (Å²) in [5.74, 6) is -0.0759. The molecule has 1 rings (SSSR count). The van der Waals surface area contributed by atoms with Gasteiger partial charge in [-0.1, -0.05) is 90.4 Å². The fraction of sp³-hybridized carbons (Fsp3) is 0.750. The van der Waals surface area contributed by atoms with E-state index in [4.69, 9.17) is 0 Å². The van der Waals surface area contributed by atoms with E-state index in [1.807, 2.05) is 0 Å². The van der Waals surface area contributed by atoms with E-state index in [2.05, 4.69) is 12.2 Å². The Kier molecular flexibility index (Phi) is 12.8. The first-order valence-corrected chi connectivity index (χ1v) is 11.3. The van der Waals surface area contributed by atoms with Crippen LogP contribution >= 0.6 is 0 Å². The third-order valence-electron chi connectivity index (χ3n) is 5.64. The van der Waals surface area contributed by atoms with E-state index in [9.17, 15) is 9.59 Å². The normalized spacial score (nSPS) is 14.7. The summed E-state index contributed by atoms with van der Waals surface area (Å²) in [4.78, 5) is 23.9. The number of Topliss-reactive ketones (excluding diaryl/α,β-unsaturated/α-hetero) is 1. The van der Waals surface area contributed by atoms with E-state index < -0.39 is 0 Å². The molecule has 1 N–H and O–H groups in total. The quantitative estimate of drug-likeness (QED) is 0.250. The van der Waals surface area contributed by atoms with Crippen molar-refractivity contribution < 1.29 is 9.59 Å². The van der Waals surface area contributed by atoms with Gasteiger partial charge < -0.3 is 5.32 Å². The Balaban J connectivity index is 1.91. The lowest BCUT2D eigenvalue weighted by atomic mass is 9.95. The Hall–Kier alpha value is -1.38. The molecule has 0 spiro atoms. The second-order valence-corrected chi connectivity index (χ2v) is 8.02. The number of carbonyl (C=O) groups is 2. The van der Waals surface area contributed by atoms with Crippen LogP contribution in [0.25, 0.3) is 0 Å². The smallest absolute Gasteiger partial charge is 0.205 e. The zero-order valence-electron chi connectivity index (χ0n) is 18.0. The van der Waals surface area contributed by atoms with Gasteiger partial charge in [0.05, 0.1) is 5.70 Å². The van der Waals surface area contributed by atoms with Crippen molar-refractivity contribution in [3.8, 4) is 0 Å². The third-order valence-corrected chi connectivity index (χ3v) is 5.64. The van der Waals surface area contributed by atoms with Crippen molar-refractivity contribution in [1.29, 1.82) is 0 Å². The molecule has 0 aromatic rings. The number of hydrogen-bond donors (Lipinski definition) is 1. The van der Waals surface area contributed by atoms with Crippen LogP contribution in [0.3, 0.4) is 0 Å². The van der Waals surface area contributed by atoms with Gasteiger partial charge in [-0.25, -0.2) is 0 Å². The largest absolute Gasteiger partial charge is 0.382 e. The predicted molar refractivity (Wildman–Crippen MR) is 115 cm³/mol. The van der Waals surface area contributed by atoms with Crippen LogP contribution in [-0.4, -0.2) is 18.1 Å². The molecule has 0 saturated carbocycles. The van der Waals surface area contributed by atoms with Gasteiger partial charge >= 0.3 is 0 Å². The van der Waals surface area contributed by atoms with Gasteiger partial charge in [-0.3, -0.25) is 9.59 Å². The highest BCUT2D eigenvalue weighted by Crippen LogP contribution is 2.17. The fourth-order valence-electron chi connectivity index (χ4n) is 3.54. The van der Waals surface area contributed by atoms with Crippen molar-refractivity contribution in [3.05, 3.63) is 22.9 Å². The second kappa shape index (κ2) is 14.6. The molecule has 0 aliphatic heterocycles. The van der Waals surface area contributed by atoms with Gasteiger partial charge in [-0.2, -0.15) is 0 Å². The topological polar surface area (TPSA) is 46.2 Å². The molecule has 0 atom stereocenters. The summed E-state index contributed by atoms with van der Waals surface area (Å²) in [5, 5.41) is 3.15. The maximum absolute atomic E-state index is 12.1. The van der Waals surface area contributed by atoms with E-state index >= 15 is 0 Å². The van der Waals surface area contributed by atoms with Crippen LogP contribution in [0.15, 0.2) is 22.9 Å². The molecule has 0 bridgehead atoms. The van der Waals surface area contributed by atoms with Crippen LogP contribution in [0.1, 0.15) is 111 Å². The van der Waals surface area contributed by atoms with Crippen LogP contribution in [0.4, 0.5) is 0 Å². The molecule has 1 aliphatic rings. The van der Waals surface area contributed by atoms with E-state index in [0.29, 0.717) is 16.8 Å². The molecule has 0 fully saturated rings. The molecule has 0 heterocycles. The molecular formula is C24H41NO2. The number of carbonyl (C=O) groups excluding carboxylic acids is 2. The van der Waals surface area contributed by atoms with Gasteiger partial charge in [-0.05, 0) is 20.3 Å². The van der Waals surface area contributed by atoms with Gasteiger partial charge in [0.2, 0.25) is 5.78 Å². The zero-order chi connectivity index (χ0) is 19.9. The minimum atomic E-state index is -0.0458. The van der Waals surface area contributed by atoms with Gasteiger partial charge in [0.25, 0.3) is 0 Å². The Bertz CT molecular complexity index is 516. The van der Waals surface area contributed by atoms with Gasteiger partial charge in [-0.15, -0.1) is 0 Å². The third kappa shape index (κ3) is 9.93. The lowest BCUT2D eigenvalue weighted by molar-refractivity contribution is -0.116. The van der Waals surface area contributed by atoms with Crippen molar-refractivity contribution in [2.24, 2.45) is 0 Å². The van der Waals surface area contributed by atoms with E-state index in [-0.39, 0.29) is 11.6 Å². The van der Waals surface area contributed by atoms with Crippen LogP contribution in [0, 0.1) is 0 Å². The summed E-state index contributed by atoms with van der Waals surface area (Å²) in [6.07, 6.45) is 20.2. The van der Waals surface area contributed by atoms with Crippen molar-refractivity contribution in [1.82, 2.24) is 5.32 Å². The predicted octanol–water partition coefficient (Wildman–Crippen LogP) is 6.43. The molecule has 1 aliphatic carbocycles. The minimum Gasteiger partial charge on any atom is -0.382 e. The first-order chi connectivity index (χ1) is 13.1. The molecular weight excluding hydrogens is 334 g/mol. The first-order valence-electron chi connectivity index (χ1n) is 11.3. The SMILES string of the molecule is CCCCCCCCCCCCCCCCNC1=CC(=O)C(C)=C(C)C1=O. The number of hydrogen-bond acceptors (Lipinski definition) is 3. The van der Waals surface area contributed by atoms with Crippen LogP contribution in [-0.2, 0) is 9.59 Å². The van der Waals surface area contributed by atoms with Crippen LogP contribution in [0.2, 0.25) is 0 Å². The molecule has 0 saturated heterocycles. The second-order valence-electron chi connectivity index (χ2n) is 8.02. The summed E-state index contributed by atoms with van der Waals surface area (Å²) >= 11 is 0. The maximum atomic E-state index is 12.1.